The summed E-state index contributed by atoms with van der Waals surface area (Å²) in [5.41, 5.74) is 1.76. The van der Waals surface area contributed by atoms with E-state index in [0.29, 0.717) is 11.0 Å². The maximum Gasteiger partial charge on any atom is 0.335 e. The minimum atomic E-state index is -0.862. The molecule has 20 heavy (non-hydrogen) atoms. The fraction of sp³-hybridized carbons (Fsp3) is 0.562. The first-order valence-corrected chi connectivity index (χ1v) is 7.07. The molecule has 4 nitrogen and oxygen atoms in total. The molecule has 0 spiro atoms. The molecular weight excluding hydrogens is 252 g/mol. The van der Waals surface area contributed by atoms with Crippen LogP contribution in [-0.4, -0.2) is 54.6 Å². The number of likely N-dealkylation sites (tertiary alicyclic amines) is 1. The lowest BCUT2D eigenvalue weighted by Gasteiger charge is -2.30. The van der Waals surface area contributed by atoms with Crippen molar-refractivity contribution in [3.63, 3.8) is 0 Å². The number of rotatable bonds is 5. The van der Waals surface area contributed by atoms with E-state index in [1.165, 1.54) is 13.0 Å². The van der Waals surface area contributed by atoms with Gasteiger partial charge in [-0.25, -0.2) is 4.79 Å². The maximum atomic E-state index is 11.0. The molecule has 1 aliphatic heterocycles. The SMILES string of the molecule is CN1CC[C@@](C)(CN(C)Cc2cccc(C(=O)O)c2)C1. The van der Waals surface area contributed by atoms with Crippen molar-refractivity contribution < 1.29 is 9.90 Å². The van der Waals surface area contributed by atoms with Gasteiger partial charge in [0, 0.05) is 19.6 Å². The molecule has 1 fully saturated rings. The monoisotopic (exact) mass is 276 g/mol. The highest BCUT2D eigenvalue weighted by Crippen LogP contribution is 2.29. The molecule has 0 unspecified atom stereocenters. The molecule has 1 atom stereocenters. The lowest BCUT2D eigenvalue weighted by Crippen LogP contribution is -2.35. The highest BCUT2D eigenvalue weighted by molar-refractivity contribution is 5.87. The molecule has 4 heteroatoms. The molecule has 0 radical (unpaired) electrons. The molecule has 0 bridgehead atoms. The summed E-state index contributed by atoms with van der Waals surface area (Å²) in [6.07, 6.45) is 1.23. The van der Waals surface area contributed by atoms with Gasteiger partial charge in [0.15, 0.2) is 0 Å². The van der Waals surface area contributed by atoms with Crippen molar-refractivity contribution in [2.24, 2.45) is 5.41 Å². The van der Waals surface area contributed by atoms with Crippen LogP contribution in [0.1, 0.15) is 29.3 Å². The van der Waals surface area contributed by atoms with Gasteiger partial charge in [-0.1, -0.05) is 19.1 Å². The molecule has 0 aromatic heterocycles. The summed E-state index contributed by atoms with van der Waals surface area (Å²) in [6, 6.07) is 7.21. The highest BCUT2D eigenvalue weighted by Gasteiger charge is 2.32. The first-order chi connectivity index (χ1) is 9.38. The summed E-state index contributed by atoms with van der Waals surface area (Å²) in [4.78, 5) is 15.7. The van der Waals surface area contributed by atoms with Gasteiger partial charge in [-0.3, -0.25) is 0 Å². The molecule has 1 aliphatic rings. The van der Waals surface area contributed by atoms with E-state index >= 15 is 0 Å². The predicted molar refractivity (Wildman–Crippen MR) is 80.0 cm³/mol. The Morgan fingerprint density at radius 2 is 2.25 bits per heavy atom. The van der Waals surface area contributed by atoms with E-state index in [-0.39, 0.29) is 0 Å². The predicted octanol–water partition coefficient (Wildman–Crippen LogP) is 2.16. The van der Waals surface area contributed by atoms with E-state index in [1.54, 1.807) is 12.1 Å². The van der Waals surface area contributed by atoms with Crippen LogP contribution in [0.25, 0.3) is 0 Å². The van der Waals surface area contributed by atoms with Crippen LogP contribution in [-0.2, 0) is 6.54 Å². The van der Waals surface area contributed by atoms with Crippen LogP contribution >= 0.6 is 0 Å². The largest absolute Gasteiger partial charge is 0.478 e. The Hall–Kier alpha value is -1.39. The number of nitrogens with zero attached hydrogens (tertiary/aromatic N) is 2. The molecule has 0 aliphatic carbocycles. The number of aromatic carboxylic acids is 1. The lowest BCUT2D eigenvalue weighted by atomic mass is 9.89. The van der Waals surface area contributed by atoms with Crippen molar-refractivity contribution in [1.29, 1.82) is 0 Å². The zero-order valence-corrected chi connectivity index (χ0v) is 12.6. The van der Waals surface area contributed by atoms with Crippen LogP contribution in [0.3, 0.4) is 0 Å². The van der Waals surface area contributed by atoms with Gasteiger partial charge in [-0.05, 0) is 50.2 Å². The average molecular weight is 276 g/mol. The van der Waals surface area contributed by atoms with E-state index in [9.17, 15) is 4.79 Å². The zero-order chi connectivity index (χ0) is 14.8. The van der Waals surface area contributed by atoms with Gasteiger partial charge >= 0.3 is 5.97 Å². The van der Waals surface area contributed by atoms with E-state index in [0.717, 1.165) is 25.2 Å². The summed E-state index contributed by atoms with van der Waals surface area (Å²) in [5, 5.41) is 9.02. The topological polar surface area (TPSA) is 43.8 Å². The molecule has 1 heterocycles. The Kier molecular flexibility index (Phi) is 4.45. The number of carboxylic acids is 1. The number of benzene rings is 1. The van der Waals surface area contributed by atoms with Gasteiger partial charge in [0.25, 0.3) is 0 Å². The molecule has 1 aromatic rings. The van der Waals surface area contributed by atoms with Crippen molar-refractivity contribution in [3.8, 4) is 0 Å². The summed E-state index contributed by atoms with van der Waals surface area (Å²) in [7, 11) is 4.28. The second-order valence-electron chi connectivity index (χ2n) is 6.48. The van der Waals surface area contributed by atoms with Crippen molar-refractivity contribution in [2.45, 2.75) is 19.9 Å². The van der Waals surface area contributed by atoms with Gasteiger partial charge in [0.05, 0.1) is 5.56 Å². The molecule has 2 rings (SSSR count). The molecular formula is C16H24N2O2. The standard InChI is InChI=1S/C16H24N2O2/c1-16(7-8-17(2)11-16)12-18(3)10-13-5-4-6-14(9-13)15(19)20/h4-6,9H,7-8,10-12H2,1-3H3,(H,19,20)/t16-/m1/s1. The number of carboxylic acid groups (broad SMARTS) is 1. The Balaban J connectivity index is 1.96. The summed E-state index contributed by atoms with van der Waals surface area (Å²) in [6.45, 7) is 6.46. The van der Waals surface area contributed by atoms with Crippen LogP contribution < -0.4 is 0 Å². The lowest BCUT2D eigenvalue weighted by molar-refractivity contribution is 0.0696. The normalized spacial score (nSPS) is 23.4. The Labute approximate surface area is 121 Å². The van der Waals surface area contributed by atoms with E-state index in [2.05, 4.69) is 30.8 Å². The van der Waals surface area contributed by atoms with E-state index < -0.39 is 5.97 Å². The van der Waals surface area contributed by atoms with Crippen LogP contribution in [0.4, 0.5) is 0 Å². The minimum Gasteiger partial charge on any atom is -0.478 e. The molecule has 0 saturated carbocycles. The fourth-order valence-electron chi connectivity index (χ4n) is 3.22. The summed E-state index contributed by atoms with van der Waals surface area (Å²) in [5.74, 6) is -0.862. The summed E-state index contributed by atoms with van der Waals surface area (Å²) >= 11 is 0. The minimum absolute atomic E-state index is 0.341. The quantitative estimate of drug-likeness (QED) is 0.895. The number of hydrogen-bond acceptors (Lipinski definition) is 3. The van der Waals surface area contributed by atoms with Gasteiger partial charge in [-0.15, -0.1) is 0 Å². The zero-order valence-electron chi connectivity index (χ0n) is 12.6. The second kappa shape index (κ2) is 5.94. The van der Waals surface area contributed by atoms with Crippen LogP contribution in [0.5, 0.6) is 0 Å². The molecule has 110 valence electrons. The van der Waals surface area contributed by atoms with Gasteiger partial charge < -0.3 is 14.9 Å². The van der Waals surface area contributed by atoms with Crippen molar-refractivity contribution >= 4 is 5.97 Å². The first kappa shape index (κ1) is 15.0. The van der Waals surface area contributed by atoms with Gasteiger partial charge in [-0.2, -0.15) is 0 Å². The third kappa shape index (κ3) is 3.81. The van der Waals surface area contributed by atoms with Gasteiger partial charge in [0.2, 0.25) is 0 Å². The van der Waals surface area contributed by atoms with Gasteiger partial charge in [0.1, 0.15) is 0 Å². The molecule has 0 amide bonds. The van der Waals surface area contributed by atoms with Crippen LogP contribution in [0.2, 0.25) is 0 Å². The third-order valence-electron chi connectivity index (χ3n) is 4.03. The third-order valence-corrected chi connectivity index (χ3v) is 4.03. The van der Waals surface area contributed by atoms with Crippen molar-refractivity contribution in [2.75, 3.05) is 33.7 Å². The fourth-order valence-corrected chi connectivity index (χ4v) is 3.22. The number of hydrogen-bond donors (Lipinski definition) is 1. The highest BCUT2D eigenvalue weighted by atomic mass is 16.4. The Morgan fingerprint density at radius 1 is 1.50 bits per heavy atom. The van der Waals surface area contributed by atoms with Crippen molar-refractivity contribution in [1.82, 2.24) is 9.80 Å². The van der Waals surface area contributed by atoms with E-state index in [1.807, 2.05) is 12.1 Å². The molecule has 1 saturated heterocycles. The Morgan fingerprint density at radius 3 is 2.85 bits per heavy atom. The second-order valence-corrected chi connectivity index (χ2v) is 6.48. The summed E-state index contributed by atoms with van der Waals surface area (Å²) < 4.78 is 0. The first-order valence-electron chi connectivity index (χ1n) is 7.07. The average Bonchev–Trinajstić information content (AvgIpc) is 2.68. The van der Waals surface area contributed by atoms with E-state index in [4.69, 9.17) is 5.11 Å². The number of carbonyl (C=O) groups is 1. The van der Waals surface area contributed by atoms with Crippen LogP contribution in [0, 0.1) is 5.41 Å². The van der Waals surface area contributed by atoms with Crippen LogP contribution in [0.15, 0.2) is 24.3 Å². The van der Waals surface area contributed by atoms with Crippen molar-refractivity contribution in [3.05, 3.63) is 35.4 Å². The Bertz CT molecular complexity index is 489. The molecule has 1 aromatic carbocycles. The molecule has 1 N–H and O–H groups in total. The smallest absolute Gasteiger partial charge is 0.335 e. The maximum absolute atomic E-state index is 11.0.